The van der Waals surface area contributed by atoms with Crippen LogP contribution in [0, 0.1) is 0 Å². The predicted octanol–water partition coefficient (Wildman–Crippen LogP) is 0.583. The Bertz CT molecular complexity index is 276. The number of rotatable bonds is 3. The molecule has 0 radical (unpaired) electrons. The highest BCUT2D eigenvalue weighted by Crippen LogP contribution is 2.13. The van der Waals surface area contributed by atoms with Crippen molar-refractivity contribution in [3.05, 3.63) is 11.8 Å². The molecule has 15 heavy (non-hydrogen) atoms. The van der Waals surface area contributed by atoms with Crippen LogP contribution in [0.15, 0.2) is 16.8 Å². The predicted molar refractivity (Wildman–Crippen MR) is 62.0 cm³/mol. The summed E-state index contributed by atoms with van der Waals surface area (Å²) in [5.41, 5.74) is 6.58. The van der Waals surface area contributed by atoms with Crippen LogP contribution in [-0.2, 0) is 4.79 Å². The van der Waals surface area contributed by atoms with Crippen LogP contribution in [0.5, 0.6) is 0 Å². The summed E-state index contributed by atoms with van der Waals surface area (Å²) in [5, 5.41) is 0. The van der Waals surface area contributed by atoms with Crippen LogP contribution in [-0.4, -0.2) is 43.1 Å². The lowest BCUT2D eigenvalue weighted by Crippen LogP contribution is -2.32. The van der Waals surface area contributed by atoms with Crippen LogP contribution in [0.25, 0.3) is 0 Å². The molecule has 0 aromatic heterocycles. The summed E-state index contributed by atoms with van der Waals surface area (Å²) in [7, 11) is 2.11. The van der Waals surface area contributed by atoms with E-state index in [1.807, 2.05) is 6.92 Å². The summed E-state index contributed by atoms with van der Waals surface area (Å²) in [6, 6.07) is 0.344. The van der Waals surface area contributed by atoms with Crippen molar-refractivity contribution in [2.45, 2.75) is 25.8 Å². The van der Waals surface area contributed by atoms with Crippen LogP contribution in [0.4, 0.5) is 0 Å². The average molecular weight is 209 g/mol. The molecule has 0 atom stereocenters. The molecule has 1 fully saturated rings. The molecule has 0 spiro atoms. The first kappa shape index (κ1) is 11.9. The summed E-state index contributed by atoms with van der Waals surface area (Å²) in [6.07, 6.45) is 4.20. The number of nitrogens with two attached hydrogens (primary N) is 1. The molecule has 84 valence electrons. The highest BCUT2D eigenvalue weighted by molar-refractivity contribution is 6.13. The van der Waals surface area contributed by atoms with Gasteiger partial charge in [0.05, 0.1) is 11.6 Å². The first-order valence-corrected chi connectivity index (χ1v) is 5.27. The highest BCUT2D eigenvalue weighted by atomic mass is 16.1. The second kappa shape index (κ2) is 5.66. The topological polar surface area (TPSA) is 58.7 Å². The molecule has 0 aromatic carbocycles. The van der Waals surface area contributed by atoms with Crippen LogP contribution in [0.3, 0.4) is 0 Å². The van der Waals surface area contributed by atoms with E-state index in [2.05, 4.69) is 16.9 Å². The summed E-state index contributed by atoms with van der Waals surface area (Å²) < 4.78 is 0. The molecule has 1 saturated heterocycles. The summed E-state index contributed by atoms with van der Waals surface area (Å²) in [4.78, 5) is 17.4. The fourth-order valence-electron chi connectivity index (χ4n) is 1.72. The van der Waals surface area contributed by atoms with Gasteiger partial charge in [-0.1, -0.05) is 0 Å². The number of carbonyl (C=O) groups excluding carboxylic acids is 1. The fraction of sp³-hybridized carbons (Fsp3) is 0.636. The van der Waals surface area contributed by atoms with Crippen molar-refractivity contribution in [3.63, 3.8) is 0 Å². The van der Waals surface area contributed by atoms with Crippen molar-refractivity contribution in [3.8, 4) is 0 Å². The van der Waals surface area contributed by atoms with E-state index in [0.29, 0.717) is 11.6 Å². The molecule has 1 aliphatic heterocycles. The molecule has 1 heterocycles. The average Bonchev–Trinajstić information content (AvgIpc) is 2.23. The van der Waals surface area contributed by atoms with Gasteiger partial charge in [-0.2, -0.15) is 0 Å². The smallest absolute Gasteiger partial charge is 0.153 e. The Labute approximate surface area is 90.8 Å². The maximum atomic E-state index is 10.6. The van der Waals surface area contributed by atoms with Crippen molar-refractivity contribution in [2.75, 3.05) is 20.1 Å². The molecular formula is C11H19N3O. The van der Waals surface area contributed by atoms with Gasteiger partial charge in [-0.05, 0) is 39.9 Å². The number of carbonyl (C=O) groups is 1. The Morgan fingerprint density at radius 2 is 2.07 bits per heavy atom. The third-order valence-corrected chi connectivity index (χ3v) is 2.79. The van der Waals surface area contributed by atoms with E-state index in [4.69, 9.17) is 5.73 Å². The number of aldehydes is 1. The second-order valence-corrected chi connectivity index (χ2v) is 3.99. The van der Waals surface area contributed by atoms with Crippen molar-refractivity contribution < 1.29 is 4.79 Å². The molecule has 0 aliphatic carbocycles. The minimum Gasteiger partial charge on any atom is -0.404 e. The summed E-state index contributed by atoms with van der Waals surface area (Å²) in [5.74, 6) is 0. The van der Waals surface area contributed by atoms with E-state index < -0.39 is 0 Å². The SMILES string of the molecule is CC(=NC1CCN(C)CC1)/C(C=O)=C\N. The van der Waals surface area contributed by atoms with Crippen LogP contribution >= 0.6 is 0 Å². The molecule has 1 rings (SSSR count). The van der Waals surface area contributed by atoms with Crippen LogP contribution in [0.2, 0.25) is 0 Å². The van der Waals surface area contributed by atoms with Gasteiger partial charge < -0.3 is 10.6 Å². The Hall–Kier alpha value is -1.16. The monoisotopic (exact) mass is 209 g/mol. The Morgan fingerprint density at radius 1 is 1.47 bits per heavy atom. The number of likely N-dealkylation sites (tertiary alicyclic amines) is 1. The number of piperidine rings is 1. The summed E-state index contributed by atoms with van der Waals surface area (Å²) >= 11 is 0. The third-order valence-electron chi connectivity index (χ3n) is 2.79. The van der Waals surface area contributed by atoms with E-state index in [0.717, 1.165) is 37.9 Å². The van der Waals surface area contributed by atoms with Crippen molar-refractivity contribution in [1.29, 1.82) is 0 Å². The number of hydrogen-bond acceptors (Lipinski definition) is 4. The van der Waals surface area contributed by atoms with E-state index in [1.54, 1.807) is 0 Å². The van der Waals surface area contributed by atoms with E-state index in [-0.39, 0.29) is 0 Å². The molecule has 0 unspecified atom stereocenters. The molecule has 2 N–H and O–H groups in total. The van der Waals surface area contributed by atoms with Gasteiger partial charge in [-0.25, -0.2) is 0 Å². The third kappa shape index (κ3) is 3.47. The molecular weight excluding hydrogens is 190 g/mol. The van der Waals surface area contributed by atoms with Gasteiger partial charge in [0.15, 0.2) is 6.29 Å². The lowest BCUT2D eigenvalue weighted by Gasteiger charge is -2.26. The number of nitrogens with zero attached hydrogens (tertiary/aromatic N) is 2. The zero-order chi connectivity index (χ0) is 11.3. The van der Waals surface area contributed by atoms with Crippen molar-refractivity contribution >= 4 is 12.0 Å². The number of aliphatic imine (C=N–C) groups is 1. The minimum atomic E-state index is 0.344. The van der Waals surface area contributed by atoms with Gasteiger partial charge in [0.2, 0.25) is 0 Å². The quantitative estimate of drug-likeness (QED) is 0.420. The molecule has 0 aromatic rings. The first-order valence-electron chi connectivity index (χ1n) is 5.27. The van der Waals surface area contributed by atoms with Gasteiger partial charge in [0, 0.05) is 11.9 Å². The van der Waals surface area contributed by atoms with E-state index in [9.17, 15) is 4.79 Å². The van der Waals surface area contributed by atoms with Gasteiger partial charge in [-0.3, -0.25) is 9.79 Å². The molecule has 0 amide bonds. The fourth-order valence-corrected chi connectivity index (χ4v) is 1.72. The van der Waals surface area contributed by atoms with Gasteiger partial charge >= 0.3 is 0 Å². The normalized spacial score (nSPS) is 21.7. The first-order chi connectivity index (χ1) is 7.17. The number of hydrogen-bond donors (Lipinski definition) is 1. The van der Waals surface area contributed by atoms with E-state index >= 15 is 0 Å². The lowest BCUT2D eigenvalue weighted by atomic mass is 10.1. The maximum absolute atomic E-state index is 10.6. The Morgan fingerprint density at radius 3 is 2.53 bits per heavy atom. The van der Waals surface area contributed by atoms with Crippen LogP contribution < -0.4 is 5.73 Å². The Balaban J connectivity index is 2.59. The van der Waals surface area contributed by atoms with Gasteiger partial charge in [0.25, 0.3) is 0 Å². The lowest BCUT2D eigenvalue weighted by molar-refractivity contribution is -0.104. The summed E-state index contributed by atoms with van der Waals surface area (Å²) in [6.45, 7) is 3.99. The molecule has 4 nitrogen and oxygen atoms in total. The zero-order valence-electron chi connectivity index (χ0n) is 9.44. The standard InChI is InChI=1S/C11H19N3O/c1-9(10(7-12)8-15)13-11-3-5-14(2)6-4-11/h7-8,11H,3-6,12H2,1-2H3/b10-7-,13-9?. The van der Waals surface area contributed by atoms with E-state index in [1.165, 1.54) is 6.20 Å². The minimum absolute atomic E-state index is 0.344. The maximum Gasteiger partial charge on any atom is 0.153 e. The van der Waals surface area contributed by atoms with Crippen molar-refractivity contribution in [2.24, 2.45) is 10.7 Å². The molecule has 1 aliphatic rings. The largest absolute Gasteiger partial charge is 0.404 e. The number of allylic oxidation sites excluding steroid dienone is 1. The van der Waals surface area contributed by atoms with Gasteiger partial charge in [0.1, 0.15) is 0 Å². The van der Waals surface area contributed by atoms with Gasteiger partial charge in [-0.15, -0.1) is 0 Å². The van der Waals surface area contributed by atoms with Crippen molar-refractivity contribution in [1.82, 2.24) is 4.90 Å². The molecule has 0 saturated carbocycles. The molecule has 0 bridgehead atoms. The second-order valence-electron chi connectivity index (χ2n) is 3.99. The zero-order valence-corrected chi connectivity index (χ0v) is 9.44. The highest BCUT2D eigenvalue weighted by Gasteiger charge is 2.15. The molecule has 4 heteroatoms. The Kier molecular flexibility index (Phi) is 4.49. The van der Waals surface area contributed by atoms with Crippen LogP contribution in [0.1, 0.15) is 19.8 Å².